The standard InChI is InChI=1S/C13H15N3O/c1-2-13(17)12-8-6-11(7-9-12)5-3-4-10-15-16-14/h3,5-9H,2,4,10H2,1H3. The first-order chi connectivity index (χ1) is 8.27. The molecule has 4 heteroatoms. The number of hydrogen-bond donors (Lipinski definition) is 0. The summed E-state index contributed by atoms with van der Waals surface area (Å²) in [5.74, 6) is 0.156. The molecule has 4 nitrogen and oxygen atoms in total. The second-order valence-electron chi connectivity index (χ2n) is 3.54. The van der Waals surface area contributed by atoms with Crippen LogP contribution >= 0.6 is 0 Å². The highest BCUT2D eigenvalue weighted by molar-refractivity contribution is 5.95. The third kappa shape index (κ3) is 4.53. The minimum Gasteiger partial charge on any atom is -0.294 e. The Kier molecular flexibility index (Phi) is 5.55. The molecule has 17 heavy (non-hydrogen) atoms. The molecule has 0 unspecified atom stereocenters. The van der Waals surface area contributed by atoms with Crippen molar-refractivity contribution in [1.29, 1.82) is 0 Å². The van der Waals surface area contributed by atoms with E-state index in [1.165, 1.54) is 0 Å². The lowest BCUT2D eigenvalue weighted by molar-refractivity contribution is 0.0988. The van der Waals surface area contributed by atoms with Crippen molar-refractivity contribution in [2.45, 2.75) is 19.8 Å². The van der Waals surface area contributed by atoms with Crippen molar-refractivity contribution in [3.8, 4) is 0 Å². The Hall–Kier alpha value is -2.06. The molecule has 0 bridgehead atoms. The SMILES string of the molecule is CCC(=O)c1ccc(C=CCCN=[N+]=[N-])cc1. The van der Waals surface area contributed by atoms with Crippen LogP contribution in [0.3, 0.4) is 0 Å². The average Bonchev–Trinajstić information content (AvgIpc) is 2.38. The summed E-state index contributed by atoms with van der Waals surface area (Å²) in [7, 11) is 0. The van der Waals surface area contributed by atoms with E-state index in [0.29, 0.717) is 13.0 Å². The maximum Gasteiger partial charge on any atom is 0.162 e. The van der Waals surface area contributed by atoms with E-state index >= 15 is 0 Å². The van der Waals surface area contributed by atoms with Crippen molar-refractivity contribution in [1.82, 2.24) is 0 Å². The summed E-state index contributed by atoms with van der Waals surface area (Å²) in [6.45, 7) is 2.32. The Labute approximate surface area is 101 Å². The number of rotatable bonds is 6. The van der Waals surface area contributed by atoms with Crippen LogP contribution in [0.1, 0.15) is 35.7 Å². The number of azide groups is 1. The van der Waals surface area contributed by atoms with Crippen molar-refractivity contribution in [2.24, 2.45) is 5.11 Å². The topological polar surface area (TPSA) is 65.8 Å². The van der Waals surface area contributed by atoms with Crippen LogP contribution < -0.4 is 0 Å². The average molecular weight is 229 g/mol. The Balaban J connectivity index is 2.56. The molecule has 0 aromatic heterocycles. The normalized spacial score (nSPS) is 10.2. The molecule has 1 aromatic rings. The van der Waals surface area contributed by atoms with Crippen molar-refractivity contribution in [3.05, 3.63) is 51.9 Å². The maximum atomic E-state index is 11.4. The summed E-state index contributed by atoms with van der Waals surface area (Å²) < 4.78 is 0. The van der Waals surface area contributed by atoms with E-state index in [1.54, 1.807) is 0 Å². The number of ketones is 1. The van der Waals surface area contributed by atoms with Gasteiger partial charge in [0.05, 0.1) is 0 Å². The highest BCUT2D eigenvalue weighted by atomic mass is 16.1. The van der Waals surface area contributed by atoms with E-state index in [9.17, 15) is 4.79 Å². The summed E-state index contributed by atoms with van der Waals surface area (Å²) in [5, 5.41) is 3.44. The molecule has 0 aliphatic heterocycles. The second-order valence-corrected chi connectivity index (χ2v) is 3.54. The van der Waals surface area contributed by atoms with Gasteiger partial charge in [-0.1, -0.05) is 48.5 Å². The smallest absolute Gasteiger partial charge is 0.162 e. The zero-order valence-electron chi connectivity index (χ0n) is 9.84. The Bertz CT molecular complexity index is 442. The van der Waals surface area contributed by atoms with Crippen LogP contribution in [0, 0.1) is 0 Å². The first-order valence-electron chi connectivity index (χ1n) is 5.58. The molecular weight excluding hydrogens is 214 g/mol. The third-order valence-corrected chi connectivity index (χ3v) is 2.32. The number of carbonyl (C=O) groups excluding carboxylic acids is 1. The molecule has 0 aliphatic carbocycles. The summed E-state index contributed by atoms with van der Waals surface area (Å²) >= 11 is 0. The van der Waals surface area contributed by atoms with Gasteiger partial charge in [-0.15, -0.1) is 0 Å². The third-order valence-electron chi connectivity index (χ3n) is 2.32. The van der Waals surface area contributed by atoms with E-state index in [2.05, 4.69) is 10.0 Å². The van der Waals surface area contributed by atoms with Crippen LogP contribution in [0.4, 0.5) is 0 Å². The minimum atomic E-state index is 0.156. The van der Waals surface area contributed by atoms with Crippen molar-refractivity contribution in [3.63, 3.8) is 0 Å². The lowest BCUT2D eigenvalue weighted by Crippen LogP contribution is -1.95. The van der Waals surface area contributed by atoms with Gasteiger partial charge in [0.1, 0.15) is 0 Å². The van der Waals surface area contributed by atoms with Crippen molar-refractivity contribution in [2.75, 3.05) is 6.54 Å². The van der Waals surface area contributed by atoms with Crippen LogP contribution in [-0.4, -0.2) is 12.3 Å². The van der Waals surface area contributed by atoms with E-state index in [1.807, 2.05) is 43.3 Å². The molecule has 0 spiro atoms. The van der Waals surface area contributed by atoms with Gasteiger partial charge in [0.2, 0.25) is 0 Å². The summed E-state index contributed by atoms with van der Waals surface area (Å²) in [5.41, 5.74) is 9.88. The predicted molar refractivity (Wildman–Crippen MR) is 68.7 cm³/mol. The molecule has 0 amide bonds. The van der Waals surface area contributed by atoms with Gasteiger partial charge in [-0.25, -0.2) is 0 Å². The molecule has 0 fully saturated rings. The number of carbonyl (C=O) groups is 1. The van der Waals surface area contributed by atoms with Crippen LogP contribution in [0.2, 0.25) is 0 Å². The summed E-state index contributed by atoms with van der Waals surface area (Å²) in [4.78, 5) is 14.1. The molecule has 1 aromatic carbocycles. The molecule has 0 aliphatic rings. The second kappa shape index (κ2) is 7.25. The number of Topliss-reactive ketones (excluding diaryl/α,β-unsaturated/α-hetero) is 1. The zero-order valence-corrected chi connectivity index (χ0v) is 9.84. The monoisotopic (exact) mass is 229 g/mol. The lowest BCUT2D eigenvalue weighted by Gasteiger charge is -1.98. The van der Waals surface area contributed by atoms with Gasteiger partial charge in [-0.2, -0.15) is 0 Å². The van der Waals surface area contributed by atoms with E-state index in [-0.39, 0.29) is 5.78 Å². The molecule has 0 saturated heterocycles. The van der Waals surface area contributed by atoms with Gasteiger partial charge < -0.3 is 0 Å². The van der Waals surface area contributed by atoms with E-state index in [0.717, 1.165) is 17.5 Å². The molecule has 0 saturated carbocycles. The van der Waals surface area contributed by atoms with Gasteiger partial charge >= 0.3 is 0 Å². The molecule has 0 heterocycles. The van der Waals surface area contributed by atoms with Crippen LogP contribution in [-0.2, 0) is 0 Å². The number of hydrogen-bond acceptors (Lipinski definition) is 2. The largest absolute Gasteiger partial charge is 0.294 e. The fourth-order valence-electron chi connectivity index (χ4n) is 1.38. The summed E-state index contributed by atoms with van der Waals surface area (Å²) in [6.07, 6.45) is 5.15. The van der Waals surface area contributed by atoms with E-state index in [4.69, 9.17) is 5.53 Å². The fourth-order valence-corrected chi connectivity index (χ4v) is 1.38. The molecule has 0 radical (unpaired) electrons. The highest BCUT2D eigenvalue weighted by Crippen LogP contribution is 2.08. The highest BCUT2D eigenvalue weighted by Gasteiger charge is 2.00. The lowest BCUT2D eigenvalue weighted by atomic mass is 10.1. The van der Waals surface area contributed by atoms with Gasteiger partial charge in [0, 0.05) is 23.4 Å². The fraction of sp³-hybridized carbons (Fsp3) is 0.308. The predicted octanol–water partition coefficient (Wildman–Crippen LogP) is 3.99. The quantitative estimate of drug-likeness (QED) is 0.239. The zero-order chi connectivity index (χ0) is 12.5. The number of benzene rings is 1. The van der Waals surface area contributed by atoms with Gasteiger partial charge in [0.15, 0.2) is 5.78 Å². The number of nitrogens with zero attached hydrogens (tertiary/aromatic N) is 3. The Morgan fingerprint density at radius 2 is 2.12 bits per heavy atom. The Morgan fingerprint density at radius 1 is 1.41 bits per heavy atom. The van der Waals surface area contributed by atoms with Gasteiger partial charge in [-0.05, 0) is 17.5 Å². The molecular formula is C13H15N3O. The van der Waals surface area contributed by atoms with E-state index < -0.39 is 0 Å². The molecule has 0 atom stereocenters. The van der Waals surface area contributed by atoms with Crippen LogP contribution in [0.5, 0.6) is 0 Å². The van der Waals surface area contributed by atoms with Gasteiger partial charge in [-0.3, -0.25) is 4.79 Å². The summed E-state index contributed by atoms with van der Waals surface area (Å²) in [6, 6.07) is 7.48. The van der Waals surface area contributed by atoms with Crippen molar-refractivity contribution < 1.29 is 4.79 Å². The first-order valence-corrected chi connectivity index (χ1v) is 5.58. The van der Waals surface area contributed by atoms with Crippen LogP contribution in [0.15, 0.2) is 35.5 Å². The molecule has 1 rings (SSSR count). The first kappa shape index (κ1) is 13.0. The van der Waals surface area contributed by atoms with Crippen LogP contribution in [0.25, 0.3) is 16.5 Å². The Morgan fingerprint density at radius 3 is 2.71 bits per heavy atom. The van der Waals surface area contributed by atoms with Gasteiger partial charge in [0.25, 0.3) is 0 Å². The molecule has 0 N–H and O–H groups in total. The molecule has 88 valence electrons. The minimum absolute atomic E-state index is 0.156. The van der Waals surface area contributed by atoms with Crippen molar-refractivity contribution >= 4 is 11.9 Å². The maximum absolute atomic E-state index is 11.4.